The zero-order valence-electron chi connectivity index (χ0n) is 14.2. The summed E-state index contributed by atoms with van der Waals surface area (Å²) in [5.74, 6) is 0.277. The minimum atomic E-state index is -0.339. The van der Waals surface area contributed by atoms with Gasteiger partial charge in [-0.05, 0) is 36.4 Å². The fourth-order valence-electron chi connectivity index (χ4n) is 2.52. The number of pyridine rings is 1. The number of para-hydroxylation sites is 1. The molecule has 7 nitrogen and oxygen atoms in total. The molecule has 7 heteroatoms. The Balaban J connectivity index is 1.61. The molecule has 0 aliphatic rings. The summed E-state index contributed by atoms with van der Waals surface area (Å²) in [6, 6.07) is 16.7. The number of benzene rings is 1. The highest BCUT2D eigenvalue weighted by molar-refractivity contribution is 5.95. The third kappa shape index (κ3) is 3.67. The van der Waals surface area contributed by atoms with Gasteiger partial charge in [0.15, 0.2) is 5.76 Å². The summed E-state index contributed by atoms with van der Waals surface area (Å²) in [7, 11) is 0. The Labute approximate surface area is 155 Å². The summed E-state index contributed by atoms with van der Waals surface area (Å²) in [5, 5.41) is 8.64. The quantitative estimate of drug-likeness (QED) is 0.439. The fourth-order valence-corrected chi connectivity index (χ4v) is 2.52. The second-order valence-corrected chi connectivity index (χ2v) is 5.63. The maximum atomic E-state index is 12.1. The molecule has 1 N–H and O–H groups in total. The van der Waals surface area contributed by atoms with Gasteiger partial charge >= 0.3 is 0 Å². The average Bonchev–Trinajstić information content (AvgIpc) is 3.39. The van der Waals surface area contributed by atoms with E-state index in [4.69, 9.17) is 4.42 Å². The van der Waals surface area contributed by atoms with E-state index in [1.807, 2.05) is 42.6 Å². The first-order valence-corrected chi connectivity index (χ1v) is 8.23. The van der Waals surface area contributed by atoms with E-state index in [0.717, 1.165) is 5.69 Å². The standard InChI is InChI=1S/C20H15N5O2/c26-20(15-6-4-10-21-12-15)23-22-13-16-14-25(17-7-2-1-3-8-17)24-19(16)18-9-5-11-27-18/h1-14H,(H,23,26)/b22-13-. The smallest absolute Gasteiger partial charge is 0.272 e. The molecule has 4 rings (SSSR count). The van der Waals surface area contributed by atoms with Crippen molar-refractivity contribution in [2.45, 2.75) is 0 Å². The van der Waals surface area contributed by atoms with Crippen molar-refractivity contribution in [2.75, 3.05) is 0 Å². The zero-order chi connectivity index (χ0) is 18.5. The topological polar surface area (TPSA) is 85.3 Å². The minimum Gasteiger partial charge on any atom is -0.463 e. The van der Waals surface area contributed by atoms with Gasteiger partial charge in [-0.15, -0.1) is 0 Å². The van der Waals surface area contributed by atoms with E-state index < -0.39 is 0 Å². The molecule has 27 heavy (non-hydrogen) atoms. The van der Waals surface area contributed by atoms with Crippen molar-refractivity contribution >= 4 is 12.1 Å². The van der Waals surface area contributed by atoms with Crippen molar-refractivity contribution in [2.24, 2.45) is 5.10 Å². The average molecular weight is 357 g/mol. The van der Waals surface area contributed by atoms with E-state index in [0.29, 0.717) is 22.6 Å². The van der Waals surface area contributed by atoms with E-state index in [9.17, 15) is 4.79 Å². The van der Waals surface area contributed by atoms with Crippen molar-refractivity contribution in [3.8, 4) is 17.1 Å². The van der Waals surface area contributed by atoms with Gasteiger partial charge in [-0.25, -0.2) is 10.1 Å². The number of carbonyl (C=O) groups excluding carboxylic acids is 1. The number of nitrogens with one attached hydrogen (secondary N) is 1. The van der Waals surface area contributed by atoms with Crippen LogP contribution in [-0.2, 0) is 0 Å². The summed E-state index contributed by atoms with van der Waals surface area (Å²) in [6.45, 7) is 0. The molecule has 0 aliphatic carbocycles. The lowest BCUT2D eigenvalue weighted by molar-refractivity contribution is 0.0955. The van der Waals surface area contributed by atoms with Gasteiger partial charge in [-0.2, -0.15) is 10.2 Å². The maximum absolute atomic E-state index is 12.1. The molecule has 1 aromatic carbocycles. The number of amides is 1. The molecule has 132 valence electrons. The zero-order valence-corrected chi connectivity index (χ0v) is 14.2. The lowest BCUT2D eigenvalue weighted by Gasteiger charge is -1.98. The van der Waals surface area contributed by atoms with Crippen LogP contribution in [0.4, 0.5) is 0 Å². The van der Waals surface area contributed by atoms with Crippen molar-refractivity contribution < 1.29 is 9.21 Å². The second kappa shape index (κ2) is 7.49. The Morgan fingerprint density at radius 2 is 2.00 bits per heavy atom. The van der Waals surface area contributed by atoms with Crippen LogP contribution in [0, 0.1) is 0 Å². The predicted octanol–water partition coefficient (Wildman–Crippen LogP) is 3.29. The molecule has 4 aromatic rings. The second-order valence-electron chi connectivity index (χ2n) is 5.63. The number of rotatable bonds is 5. The van der Waals surface area contributed by atoms with Crippen LogP contribution in [-0.4, -0.2) is 26.9 Å². The predicted molar refractivity (Wildman–Crippen MR) is 101 cm³/mol. The van der Waals surface area contributed by atoms with Crippen LogP contribution in [0.2, 0.25) is 0 Å². The largest absolute Gasteiger partial charge is 0.463 e. The molecule has 0 fully saturated rings. The number of carbonyl (C=O) groups is 1. The molecule has 3 heterocycles. The molecule has 0 unspecified atom stereocenters. The highest BCUT2D eigenvalue weighted by atomic mass is 16.3. The van der Waals surface area contributed by atoms with E-state index in [1.54, 1.807) is 41.6 Å². The molecule has 1 amide bonds. The fraction of sp³-hybridized carbons (Fsp3) is 0. The number of aromatic nitrogens is 3. The summed E-state index contributed by atoms with van der Waals surface area (Å²) < 4.78 is 7.21. The van der Waals surface area contributed by atoms with Crippen LogP contribution in [0.1, 0.15) is 15.9 Å². The summed E-state index contributed by atoms with van der Waals surface area (Å²) in [6.07, 6.45) is 8.04. The first-order chi connectivity index (χ1) is 13.3. The molecule has 3 aromatic heterocycles. The van der Waals surface area contributed by atoms with Crippen LogP contribution in [0.3, 0.4) is 0 Å². The molecule has 0 saturated carbocycles. The van der Waals surface area contributed by atoms with Gasteiger partial charge < -0.3 is 4.42 Å². The van der Waals surface area contributed by atoms with E-state index in [-0.39, 0.29) is 5.91 Å². The van der Waals surface area contributed by atoms with E-state index >= 15 is 0 Å². The lowest BCUT2D eigenvalue weighted by atomic mass is 10.2. The van der Waals surface area contributed by atoms with Gasteiger partial charge in [0.1, 0.15) is 5.69 Å². The number of hydrogen-bond acceptors (Lipinski definition) is 5. The first-order valence-electron chi connectivity index (χ1n) is 8.23. The van der Waals surface area contributed by atoms with E-state index in [1.165, 1.54) is 6.20 Å². The lowest BCUT2D eigenvalue weighted by Crippen LogP contribution is -2.17. The summed E-state index contributed by atoms with van der Waals surface area (Å²) >= 11 is 0. The monoisotopic (exact) mass is 357 g/mol. The molecule has 0 atom stereocenters. The van der Waals surface area contributed by atoms with Crippen LogP contribution in [0.15, 0.2) is 89.0 Å². The third-order valence-corrected chi connectivity index (χ3v) is 3.81. The molecule has 0 saturated heterocycles. The number of hydrazone groups is 1. The Morgan fingerprint density at radius 3 is 2.74 bits per heavy atom. The van der Waals surface area contributed by atoms with Gasteiger partial charge in [-0.1, -0.05) is 18.2 Å². The normalized spacial score (nSPS) is 11.0. The van der Waals surface area contributed by atoms with Gasteiger partial charge in [0, 0.05) is 24.2 Å². The van der Waals surface area contributed by atoms with Crippen LogP contribution < -0.4 is 5.43 Å². The molecule has 0 aliphatic heterocycles. The number of nitrogens with zero attached hydrogens (tertiary/aromatic N) is 4. The summed E-state index contributed by atoms with van der Waals surface area (Å²) in [5.41, 5.74) is 5.17. The molecule has 0 spiro atoms. The third-order valence-electron chi connectivity index (χ3n) is 3.81. The van der Waals surface area contributed by atoms with Gasteiger partial charge in [0.05, 0.1) is 23.7 Å². The number of furan rings is 1. The first kappa shape index (κ1) is 16.5. The highest BCUT2D eigenvalue weighted by Gasteiger charge is 2.13. The van der Waals surface area contributed by atoms with Crippen LogP contribution in [0.5, 0.6) is 0 Å². The van der Waals surface area contributed by atoms with Gasteiger partial charge in [0.2, 0.25) is 0 Å². The minimum absolute atomic E-state index is 0.339. The van der Waals surface area contributed by atoms with Crippen LogP contribution in [0.25, 0.3) is 17.1 Å². The van der Waals surface area contributed by atoms with Crippen molar-refractivity contribution in [3.05, 3.63) is 90.6 Å². The molecular formula is C20H15N5O2. The molecular weight excluding hydrogens is 342 g/mol. The number of hydrogen-bond donors (Lipinski definition) is 1. The van der Waals surface area contributed by atoms with Crippen molar-refractivity contribution in [3.63, 3.8) is 0 Å². The van der Waals surface area contributed by atoms with Crippen molar-refractivity contribution in [1.29, 1.82) is 0 Å². The van der Waals surface area contributed by atoms with Crippen LogP contribution >= 0.6 is 0 Å². The SMILES string of the molecule is O=C(N/N=C\c1cn(-c2ccccc2)nc1-c1ccco1)c1cccnc1. The maximum Gasteiger partial charge on any atom is 0.272 e. The molecule has 0 bridgehead atoms. The van der Waals surface area contributed by atoms with Crippen molar-refractivity contribution in [1.82, 2.24) is 20.2 Å². The Hall–Kier alpha value is -4.00. The Kier molecular flexibility index (Phi) is 4.57. The Morgan fingerprint density at radius 1 is 1.11 bits per heavy atom. The Bertz CT molecular complexity index is 1050. The van der Waals surface area contributed by atoms with Gasteiger partial charge in [0.25, 0.3) is 5.91 Å². The molecule has 0 radical (unpaired) electrons. The van der Waals surface area contributed by atoms with E-state index in [2.05, 4.69) is 20.6 Å². The highest BCUT2D eigenvalue weighted by Crippen LogP contribution is 2.23. The van der Waals surface area contributed by atoms with Gasteiger partial charge in [-0.3, -0.25) is 9.78 Å². The summed E-state index contributed by atoms with van der Waals surface area (Å²) in [4.78, 5) is 16.0.